The Morgan fingerprint density at radius 1 is 1.20 bits per heavy atom. The molecule has 20 heavy (non-hydrogen) atoms. The zero-order valence-electron chi connectivity index (χ0n) is 10.8. The topological polar surface area (TPSA) is 38.3 Å². The van der Waals surface area contributed by atoms with Crippen molar-refractivity contribution >= 4 is 43.5 Å². The first-order chi connectivity index (χ1) is 9.60. The van der Waals surface area contributed by atoms with E-state index in [4.69, 9.17) is 4.74 Å². The molecule has 104 valence electrons. The van der Waals surface area contributed by atoms with Crippen molar-refractivity contribution in [2.24, 2.45) is 0 Å². The van der Waals surface area contributed by atoms with Crippen molar-refractivity contribution in [2.45, 2.75) is 6.61 Å². The number of benzene rings is 2. The maximum absolute atomic E-state index is 12.3. The molecule has 0 unspecified atom stereocenters. The number of nitrogens with one attached hydrogen (secondary N) is 1. The third-order valence-electron chi connectivity index (χ3n) is 2.67. The van der Waals surface area contributed by atoms with Crippen LogP contribution in [0.4, 0.5) is 5.69 Å². The molecule has 0 bridgehead atoms. The molecule has 0 aliphatic carbocycles. The summed E-state index contributed by atoms with van der Waals surface area (Å²) in [7, 11) is 1.64. The molecule has 0 atom stereocenters. The molecule has 0 aliphatic rings. The molecular weight excluding hydrogens is 386 g/mol. The molecule has 0 fully saturated rings. The van der Waals surface area contributed by atoms with Crippen LogP contribution in [0.3, 0.4) is 0 Å². The quantitative estimate of drug-likeness (QED) is 0.816. The van der Waals surface area contributed by atoms with Gasteiger partial charge in [0.2, 0.25) is 0 Å². The number of carbonyl (C=O) groups excluding carboxylic acids is 1. The Labute approximate surface area is 134 Å². The third kappa shape index (κ3) is 3.91. The van der Waals surface area contributed by atoms with E-state index in [0.29, 0.717) is 12.2 Å². The number of carbonyl (C=O) groups is 1. The van der Waals surface area contributed by atoms with Crippen molar-refractivity contribution < 1.29 is 9.53 Å². The molecule has 0 aliphatic heterocycles. The van der Waals surface area contributed by atoms with Gasteiger partial charge in [0.1, 0.15) is 0 Å². The second-order valence-corrected chi connectivity index (χ2v) is 5.98. The lowest BCUT2D eigenvalue weighted by Crippen LogP contribution is -2.12. The smallest absolute Gasteiger partial charge is 0.256 e. The van der Waals surface area contributed by atoms with Crippen molar-refractivity contribution in [3.05, 3.63) is 62.5 Å². The number of methoxy groups -OCH3 is 1. The molecule has 0 radical (unpaired) electrons. The number of anilines is 1. The van der Waals surface area contributed by atoms with E-state index in [1.54, 1.807) is 13.2 Å². The second kappa shape index (κ2) is 7.02. The Morgan fingerprint density at radius 3 is 2.75 bits per heavy atom. The van der Waals surface area contributed by atoms with E-state index in [-0.39, 0.29) is 5.91 Å². The van der Waals surface area contributed by atoms with Crippen molar-refractivity contribution in [3.63, 3.8) is 0 Å². The van der Waals surface area contributed by atoms with Crippen LogP contribution in [0, 0.1) is 0 Å². The Kier molecular flexibility index (Phi) is 5.34. The van der Waals surface area contributed by atoms with Crippen LogP contribution in [-0.4, -0.2) is 13.0 Å². The van der Waals surface area contributed by atoms with Crippen LogP contribution in [0.1, 0.15) is 15.9 Å². The third-order valence-corrected chi connectivity index (χ3v) is 3.85. The first kappa shape index (κ1) is 15.2. The molecule has 5 heteroatoms. The van der Waals surface area contributed by atoms with Gasteiger partial charge in [0.05, 0.1) is 12.2 Å². The van der Waals surface area contributed by atoms with E-state index < -0.39 is 0 Å². The first-order valence-electron chi connectivity index (χ1n) is 5.94. The molecule has 2 aromatic rings. The van der Waals surface area contributed by atoms with E-state index in [9.17, 15) is 4.79 Å². The van der Waals surface area contributed by atoms with Crippen LogP contribution in [-0.2, 0) is 11.3 Å². The normalized spacial score (nSPS) is 10.3. The summed E-state index contributed by atoms with van der Waals surface area (Å²) < 4.78 is 6.70. The van der Waals surface area contributed by atoms with Crippen LogP contribution in [0.5, 0.6) is 0 Å². The maximum atomic E-state index is 12.3. The van der Waals surface area contributed by atoms with E-state index in [1.807, 2.05) is 36.4 Å². The lowest BCUT2D eigenvalue weighted by molar-refractivity contribution is 0.102. The molecule has 1 amide bonds. The number of ether oxygens (including phenoxy) is 1. The molecule has 0 spiro atoms. The summed E-state index contributed by atoms with van der Waals surface area (Å²) in [6.07, 6.45) is 0. The minimum atomic E-state index is -0.159. The van der Waals surface area contributed by atoms with Crippen molar-refractivity contribution in [1.82, 2.24) is 0 Å². The molecular formula is C15H13Br2NO2. The van der Waals surface area contributed by atoms with Crippen molar-refractivity contribution in [1.29, 1.82) is 0 Å². The molecule has 3 nitrogen and oxygen atoms in total. The van der Waals surface area contributed by atoms with Gasteiger partial charge in [0.25, 0.3) is 5.91 Å². The van der Waals surface area contributed by atoms with E-state index in [1.165, 1.54) is 0 Å². The largest absolute Gasteiger partial charge is 0.380 e. The standard InChI is InChI=1S/C15H13Br2NO2/c1-20-9-10-3-2-4-12(7-10)18-15(19)13-8-11(16)5-6-14(13)17/h2-8H,9H2,1H3,(H,18,19). The Hall–Kier alpha value is -1.17. The number of rotatable bonds is 4. The van der Waals surface area contributed by atoms with Gasteiger partial charge in [-0.25, -0.2) is 0 Å². The number of amides is 1. The maximum Gasteiger partial charge on any atom is 0.256 e. The highest BCUT2D eigenvalue weighted by Gasteiger charge is 2.11. The molecule has 1 N–H and O–H groups in total. The predicted octanol–water partition coefficient (Wildman–Crippen LogP) is 4.61. The number of hydrogen-bond donors (Lipinski definition) is 1. The van der Waals surface area contributed by atoms with Crippen molar-refractivity contribution in [3.8, 4) is 0 Å². The predicted molar refractivity (Wildman–Crippen MR) is 87.0 cm³/mol. The highest BCUT2D eigenvalue weighted by molar-refractivity contribution is 9.11. The summed E-state index contributed by atoms with van der Waals surface area (Å²) in [5, 5.41) is 2.88. The molecule has 0 heterocycles. The van der Waals surface area contributed by atoms with E-state index in [2.05, 4.69) is 37.2 Å². The average molecular weight is 399 g/mol. The van der Waals surface area contributed by atoms with Gasteiger partial charge in [-0.2, -0.15) is 0 Å². The fourth-order valence-corrected chi connectivity index (χ4v) is 2.56. The lowest BCUT2D eigenvalue weighted by atomic mass is 10.2. The van der Waals surface area contributed by atoms with Gasteiger partial charge in [-0.15, -0.1) is 0 Å². The zero-order valence-corrected chi connectivity index (χ0v) is 14.0. The first-order valence-corrected chi connectivity index (χ1v) is 7.53. The fourth-order valence-electron chi connectivity index (χ4n) is 1.78. The minimum Gasteiger partial charge on any atom is -0.380 e. The second-order valence-electron chi connectivity index (χ2n) is 4.21. The summed E-state index contributed by atoms with van der Waals surface area (Å²) in [6, 6.07) is 13.1. The summed E-state index contributed by atoms with van der Waals surface area (Å²) >= 11 is 6.75. The van der Waals surface area contributed by atoms with Crippen LogP contribution in [0.25, 0.3) is 0 Å². The van der Waals surface area contributed by atoms with Gasteiger partial charge in [0, 0.05) is 21.7 Å². The molecule has 0 saturated heterocycles. The van der Waals surface area contributed by atoms with E-state index in [0.717, 1.165) is 20.2 Å². The fraction of sp³-hybridized carbons (Fsp3) is 0.133. The molecule has 2 rings (SSSR count). The average Bonchev–Trinajstić information content (AvgIpc) is 2.42. The molecule has 0 saturated carbocycles. The summed E-state index contributed by atoms with van der Waals surface area (Å²) in [5.41, 5.74) is 2.34. The number of halogens is 2. The summed E-state index contributed by atoms with van der Waals surface area (Å²) in [6.45, 7) is 0.518. The summed E-state index contributed by atoms with van der Waals surface area (Å²) in [4.78, 5) is 12.3. The van der Waals surface area contributed by atoms with E-state index >= 15 is 0 Å². The Morgan fingerprint density at radius 2 is 2.00 bits per heavy atom. The van der Waals surface area contributed by atoms with Gasteiger partial charge >= 0.3 is 0 Å². The van der Waals surface area contributed by atoms with Gasteiger partial charge in [-0.3, -0.25) is 4.79 Å². The molecule has 2 aromatic carbocycles. The van der Waals surface area contributed by atoms with Gasteiger partial charge < -0.3 is 10.1 Å². The Balaban J connectivity index is 2.19. The van der Waals surface area contributed by atoms with Gasteiger partial charge in [-0.05, 0) is 51.8 Å². The Bertz CT molecular complexity index is 629. The minimum absolute atomic E-state index is 0.159. The summed E-state index contributed by atoms with van der Waals surface area (Å²) in [5.74, 6) is -0.159. The van der Waals surface area contributed by atoms with Crippen LogP contribution < -0.4 is 5.32 Å². The molecule has 0 aromatic heterocycles. The monoisotopic (exact) mass is 397 g/mol. The van der Waals surface area contributed by atoms with Crippen molar-refractivity contribution in [2.75, 3.05) is 12.4 Å². The highest BCUT2D eigenvalue weighted by Crippen LogP contribution is 2.23. The van der Waals surface area contributed by atoms with Gasteiger partial charge in [0.15, 0.2) is 0 Å². The van der Waals surface area contributed by atoms with Crippen LogP contribution in [0.15, 0.2) is 51.4 Å². The van der Waals surface area contributed by atoms with Crippen LogP contribution >= 0.6 is 31.9 Å². The lowest BCUT2D eigenvalue weighted by Gasteiger charge is -2.09. The number of hydrogen-bond acceptors (Lipinski definition) is 2. The van der Waals surface area contributed by atoms with Crippen LogP contribution in [0.2, 0.25) is 0 Å². The van der Waals surface area contributed by atoms with Gasteiger partial charge in [-0.1, -0.05) is 28.1 Å². The highest BCUT2D eigenvalue weighted by atomic mass is 79.9. The zero-order chi connectivity index (χ0) is 14.5. The SMILES string of the molecule is COCc1cccc(NC(=O)c2cc(Br)ccc2Br)c1.